The van der Waals surface area contributed by atoms with E-state index >= 15 is 0 Å². The maximum absolute atomic E-state index is 10.4. The van der Waals surface area contributed by atoms with Crippen LogP contribution >= 0.6 is 12.4 Å². The van der Waals surface area contributed by atoms with Gasteiger partial charge in [-0.3, -0.25) is 0 Å². The average Bonchev–Trinajstić information content (AvgIpc) is 2.18. The van der Waals surface area contributed by atoms with Crippen molar-refractivity contribution < 1.29 is 15.0 Å². The Morgan fingerprint density at radius 1 is 1.33 bits per heavy atom. The summed E-state index contributed by atoms with van der Waals surface area (Å²) in [6.07, 6.45) is -1.15. The summed E-state index contributed by atoms with van der Waals surface area (Å²) in [5, 5.41) is 17.6. The van der Waals surface area contributed by atoms with Crippen LogP contribution in [0.3, 0.4) is 0 Å². The first-order valence-electron chi connectivity index (χ1n) is 4.31. The number of aliphatic carboxylic acids is 1. The molecule has 0 saturated carbocycles. The fourth-order valence-corrected chi connectivity index (χ4v) is 1.18. The zero-order chi connectivity index (χ0) is 10.6. The zero-order valence-electron chi connectivity index (χ0n) is 8.04. The Hall–Kier alpha value is -1.10. The van der Waals surface area contributed by atoms with E-state index in [0.29, 0.717) is 6.42 Å². The molecule has 0 aromatic heterocycles. The van der Waals surface area contributed by atoms with Crippen LogP contribution < -0.4 is 5.73 Å². The van der Waals surface area contributed by atoms with Gasteiger partial charge in [0.1, 0.15) is 0 Å². The largest absolute Gasteiger partial charge is 0.479 e. The summed E-state index contributed by atoms with van der Waals surface area (Å²) in [6, 6.07) is 8.46. The Kier molecular flexibility index (Phi) is 5.93. The molecular weight excluding hydrogens is 218 g/mol. The number of benzene rings is 1. The third-order valence-electron chi connectivity index (χ3n) is 1.97. The number of aliphatic hydroxyl groups excluding tert-OH is 1. The van der Waals surface area contributed by atoms with Gasteiger partial charge in [-0.2, -0.15) is 0 Å². The molecule has 5 heteroatoms. The summed E-state index contributed by atoms with van der Waals surface area (Å²) in [6.45, 7) is 0. The van der Waals surface area contributed by atoms with E-state index in [-0.39, 0.29) is 12.4 Å². The van der Waals surface area contributed by atoms with E-state index in [1.807, 2.05) is 30.3 Å². The Morgan fingerprint density at radius 3 is 2.33 bits per heavy atom. The molecule has 0 saturated heterocycles. The minimum Gasteiger partial charge on any atom is -0.479 e. The van der Waals surface area contributed by atoms with Crippen molar-refractivity contribution >= 4 is 18.4 Å². The van der Waals surface area contributed by atoms with Gasteiger partial charge in [0.2, 0.25) is 0 Å². The van der Waals surface area contributed by atoms with E-state index in [1.54, 1.807) is 0 Å². The normalized spacial score (nSPS) is 13.7. The minimum absolute atomic E-state index is 0. The van der Waals surface area contributed by atoms with Crippen molar-refractivity contribution in [2.45, 2.75) is 18.6 Å². The lowest BCUT2D eigenvalue weighted by atomic mass is 10.0. The van der Waals surface area contributed by atoms with Crippen LogP contribution in [0.25, 0.3) is 0 Å². The number of halogens is 1. The van der Waals surface area contributed by atoms with Gasteiger partial charge < -0.3 is 15.9 Å². The van der Waals surface area contributed by atoms with Crippen LogP contribution in [-0.2, 0) is 11.2 Å². The summed E-state index contributed by atoms with van der Waals surface area (Å²) in [5.74, 6) is -1.28. The molecule has 4 N–H and O–H groups in total. The molecule has 2 atom stereocenters. The number of hydrogen-bond donors (Lipinski definition) is 3. The molecule has 0 heterocycles. The molecule has 0 aliphatic rings. The maximum Gasteiger partial charge on any atom is 0.334 e. The Morgan fingerprint density at radius 2 is 1.87 bits per heavy atom. The van der Waals surface area contributed by atoms with Crippen molar-refractivity contribution in [3.63, 3.8) is 0 Å². The second-order valence-electron chi connectivity index (χ2n) is 3.14. The van der Waals surface area contributed by atoms with Crippen LogP contribution in [0.4, 0.5) is 0 Å². The predicted octanol–water partition coefficient (Wildman–Crippen LogP) is 0.424. The smallest absolute Gasteiger partial charge is 0.334 e. The molecule has 1 unspecified atom stereocenters. The van der Waals surface area contributed by atoms with Crippen LogP contribution in [0, 0.1) is 0 Å². The molecule has 0 fully saturated rings. The second kappa shape index (κ2) is 6.40. The third kappa shape index (κ3) is 4.29. The molecule has 15 heavy (non-hydrogen) atoms. The molecule has 0 bridgehead atoms. The molecule has 0 spiro atoms. The molecule has 4 nitrogen and oxygen atoms in total. The number of carboxylic acids is 1. The SMILES string of the molecule is Cl.N[C@@H](Cc1ccccc1)C(O)C(=O)O. The van der Waals surface area contributed by atoms with Gasteiger partial charge in [-0.25, -0.2) is 4.79 Å². The van der Waals surface area contributed by atoms with Crippen molar-refractivity contribution in [2.24, 2.45) is 5.73 Å². The first-order valence-corrected chi connectivity index (χ1v) is 4.31. The summed E-state index contributed by atoms with van der Waals surface area (Å²) in [4.78, 5) is 10.4. The fraction of sp³-hybridized carbons (Fsp3) is 0.300. The topological polar surface area (TPSA) is 83.5 Å². The minimum atomic E-state index is -1.50. The first kappa shape index (κ1) is 13.9. The highest BCUT2D eigenvalue weighted by atomic mass is 35.5. The Balaban J connectivity index is 0.00000196. The highest BCUT2D eigenvalue weighted by Gasteiger charge is 2.21. The highest BCUT2D eigenvalue weighted by molar-refractivity contribution is 5.85. The summed E-state index contributed by atoms with van der Waals surface area (Å²) < 4.78 is 0. The number of hydrogen-bond acceptors (Lipinski definition) is 3. The highest BCUT2D eigenvalue weighted by Crippen LogP contribution is 2.04. The number of carboxylic acid groups (broad SMARTS) is 1. The van der Waals surface area contributed by atoms with Crippen LogP contribution in [0.15, 0.2) is 30.3 Å². The van der Waals surface area contributed by atoms with Crippen molar-refractivity contribution in [3.8, 4) is 0 Å². The zero-order valence-corrected chi connectivity index (χ0v) is 8.85. The molecule has 84 valence electrons. The number of rotatable bonds is 4. The third-order valence-corrected chi connectivity index (χ3v) is 1.97. The quantitative estimate of drug-likeness (QED) is 0.702. The standard InChI is InChI=1S/C10H13NO3.ClH/c11-8(9(12)10(13)14)6-7-4-2-1-3-5-7;/h1-5,8-9,12H,6,11H2,(H,13,14);1H/t8-,9?;/m0./s1. The van der Waals surface area contributed by atoms with E-state index in [1.165, 1.54) is 0 Å². The molecule has 1 aromatic carbocycles. The van der Waals surface area contributed by atoms with Gasteiger partial charge in [0.05, 0.1) is 0 Å². The average molecular weight is 232 g/mol. The van der Waals surface area contributed by atoms with Gasteiger partial charge in [-0.05, 0) is 12.0 Å². The molecule has 0 aliphatic carbocycles. The van der Waals surface area contributed by atoms with Gasteiger partial charge >= 0.3 is 5.97 Å². The monoisotopic (exact) mass is 231 g/mol. The van der Waals surface area contributed by atoms with Crippen LogP contribution in [0.1, 0.15) is 5.56 Å². The number of aliphatic hydroxyl groups is 1. The molecule has 0 amide bonds. The van der Waals surface area contributed by atoms with Crippen LogP contribution in [0.5, 0.6) is 0 Å². The van der Waals surface area contributed by atoms with E-state index in [4.69, 9.17) is 15.9 Å². The molecule has 0 radical (unpaired) electrons. The Bertz CT molecular complexity index is 305. The molecular formula is C10H14ClNO3. The second-order valence-corrected chi connectivity index (χ2v) is 3.14. The van der Waals surface area contributed by atoms with E-state index in [9.17, 15) is 4.79 Å². The summed E-state index contributed by atoms with van der Waals surface area (Å²) in [7, 11) is 0. The van der Waals surface area contributed by atoms with E-state index in [2.05, 4.69) is 0 Å². The van der Waals surface area contributed by atoms with E-state index < -0.39 is 18.1 Å². The van der Waals surface area contributed by atoms with Gasteiger partial charge in [0.25, 0.3) is 0 Å². The van der Waals surface area contributed by atoms with E-state index in [0.717, 1.165) is 5.56 Å². The van der Waals surface area contributed by atoms with Crippen molar-refractivity contribution in [2.75, 3.05) is 0 Å². The lowest BCUT2D eigenvalue weighted by molar-refractivity contribution is -0.147. The Labute approximate surface area is 94.1 Å². The number of nitrogens with two attached hydrogens (primary N) is 1. The van der Waals surface area contributed by atoms with Crippen LogP contribution in [0.2, 0.25) is 0 Å². The van der Waals surface area contributed by atoms with Gasteiger partial charge in [0, 0.05) is 6.04 Å². The molecule has 1 aromatic rings. The van der Waals surface area contributed by atoms with Crippen molar-refractivity contribution in [3.05, 3.63) is 35.9 Å². The van der Waals surface area contributed by atoms with Crippen LogP contribution in [-0.4, -0.2) is 28.3 Å². The van der Waals surface area contributed by atoms with Crippen molar-refractivity contribution in [1.29, 1.82) is 0 Å². The molecule has 0 aliphatic heterocycles. The summed E-state index contributed by atoms with van der Waals surface area (Å²) >= 11 is 0. The summed E-state index contributed by atoms with van der Waals surface area (Å²) in [5.41, 5.74) is 6.44. The first-order chi connectivity index (χ1) is 6.61. The fourth-order valence-electron chi connectivity index (χ4n) is 1.18. The number of carbonyl (C=O) groups is 1. The maximum atomic E-state index is 10.4. The van der Waals surface area contributed by atoms with Gasteiger partial charge in [-0.15, -0.1) is 12.4 Å². The van der Waals surface area contributed by atoms with Gasteiger partial charge in [0.15, 0.2) is 6.10 Å². The predicted molar refractivity (Wildman–Crippen MR) is 59.0 cm³/mol. The lowest BCUT2D eigenvalue weighted by Gasteiger charge is -2.14. The molecule has 1 rings (SSSR count). The van der Waals surface area contributed by atoms with Gasteiger partial charge in [-0.1, -0.05) is 30.3 Å². The van der Waals surface area contributed by atoms with Crippen molar-refractivity contribution in [1.82, 2.24) is 0 Å². The lowest BCUT2D eigenvalue weighted by Crippen LogP contribution is -2.41.